The largest absolute Gasteiger partial charge is 0.493 e. The highest BCUT2D eigenvalue weighted by atomic mass is 32.2. The van der Waals surface area contributed by atoms with Crippen LogP contribution < -0.4 is 31.0 Å². The molecule has 0 aliphatic heterocycles. The topological polar surface area (TPSA) is 133 Å². The Hall–Kier alpha value is -6.01. The molecule has 1 aromatic heterocycles. The van der Waals surface area contributed by atoms with Crippen LogP contribution in [0.15, 0.2) is 119 Å². The minimum atomic E-state index is -0.562. The number of nitrogens with zero attached hydrogens (tertiary/aromatic N) is 2. The first kappa shape index (κ1) is 34.3. The third-order valence-electron chi connectivity index (χ3n) is 7.56. The van der Waals surface area contributed by atoms with E-state index in [0.29, 0.717) is 39.7 Å². The van der Waals surface area contributed by atoms with Gasteiger partial charge < -0.3 is 25.4 Å². The van der Waals surface area contributed by atoms with Gasteiger partial charge in [0.1, 0.15) is 11.4 Å². The second-order valence-corrected chi connectivity index (χ2v) is 11.8. The van der Waals surface area contributed by atoms with E-state index in [1.54, 1.807) is 91.4 Å². The van der Waals surface area contributed by atoms with Gasteiger partial charge in [0.25, 0.3) is 17.4 Å². The van der Waals surface area contributed by atoms with E-state index < -0.39 is 11.8 Å². The zero-order valence-electron chi connectivity index (χ0n) is 27.4. The monoisotopic (exact) mass is 677 g/mol. The number of anilines is 2. The minimum Gasteiger partial charge on any atom is -0.493 e. The van der Waals surface area contributed by atoms with Crippen molar-refractivity contribution in [3.63, 3.8) is 0 Å². The standard InChI is InChI=1S/C37H35N5O6S/c1-24-33(37(46)42(41(24)2)28-15-9-6-10-16-28)40-32(43)23-49-29-20-18-27(19-21-29)38-36(45)30(39-35(44)25-12-7-5-8-13-25)22-26-14-11-17-31(47-3)34(26)48-4/h5-22H,23H2,1-4H3,(H,38,45)(H,39,44)(H,40,43)/b30-22-. The summed E-state index contributed by atoms with van der Waals surface area (Å²) in [6.45, 7) is 1.78. The van der Waals surface area contributed by atoms with Gasteiger partial charge >= 0.3 is 0 Å². The van der Waals surface area contributed by atoms with Crippen LogP contribution in [-0.2, 0) is 16.6 Å². The van der Waals surface area contributed by atoms with Gasteiger partial charge in [0.15, 0.2) is 11.5 Å². The van der Waals surface area contributed by atoms with E-state index >= 15 is 0 Å². The van der Waals surface area contributed by atoms with Gasteiger partial charge in [-0.3, -0.25) is 23.9 Å². The quantitative estimate of drug-likeness (QED) is 0.115. The number of benzene rings is 4. The van der Waals surface area contributed by atoms with E-state index in [9.17, 15) is 19.2 Å². The molecule has 5 aromatic rings. The lowest BCUT2D eigenvalue weighted by atomic mass is 10.1. The third-order valence-corrected chi connectivity index (χ3v) is 8.57. The molecule has 3 amide bonds. The maximum atomic E-state index is 13.5. The second-order valence-electron chi connectivity index (χ2n) is 10.7. The van der Waals surface area contributed by atoms with Crippen molar-refractivity contribution in [2.75, 3.05) is 30.6 Å². The fourth-order valence-electron chi connectivity index (χ4n) is 4.99. The molecule has 0 radical (unpaired) electrons. The molecule has 3 N–H and O–H groups in total. The van der Waals surface area contributed by atoms with Gasteiger partial charge in [-0.1, -0.05) is 48.5 Å². The van der Waals surface area contributed by atoms with Crippen molar-refractivity contribution in [1.29, 1.82) is 0 Å². The molecular formula is C37H35N5O6S. The van der Waals surface area contributed by atoms with Crippen LogP contribution >= 0.6 is 11.8 Å². The van der Waals surface area contributed by atoms with Crippen LogP contribution in [0.4, 0.5) is 11.4 Å². The van der Waals surface area contributed by atoms with Crippen LogP contribution in [0.5, 0.6) is 11.5 Å². The molecule has 0 saturated carbocycles. The zero-order chi connectivity index (χ0) is 34.9. The van der Waals surface area contributed by atoms with Crippen molar-refractivity contribution in [3.8, 4) is 17.2 Å². The highest BCUT2D eigenvalue weighted by Gasteiger charge is 2.19. The van der Waals surface area contributed by atoms with E-state index in [-0.39, 0.29) is 28.6 Å². The summed E-state index contributed by atoms with van der Waals surface area (Å²) in [6.07, 6.45) is 1.52. The fraction of sp³-hybridized carbons (Fsp3) is 0.135. The Morgan fingerprint density at radius 2 is 1.49 bits per heavy atom. The highest BCUT2D eigenvalue weighted by Crippen LogP contribution is 2.32. The van der Waals surface area contributed by atoms with E-state index in [4.69, 9.17) is 9.47 Å². The van der Waals surface area contributed by atoms with Crippen LogP contribution in [0.25, 0.3) is 11.8 Å². The Kier molecular flexibility index (Phi) is 11.0. The molecule has 1 heterocycles. The summed E-state index contributed by atoms with van der Waals surface area (Å²) in [5.41, 5.74) is 2.60. The van der Waals surface area contributed by atoms with Gasteiger partial charge in [0.2, 0.25) is 5.91 Å². The molecule has 250 valence electrons. The number of ether oxygens (including phenoxy) is 2. The Morgan fingerprint density at radius 3 is 2.14 bits per heavy atom. The van der Waals surface area contributed by atoms with Gasteiger partial charge in [0, 0.05) is 28.8 Å². The van der Waals surface area contributed by atoms with Gasteiger partial charge in [-0.25, -0.2) is 4.68 Å². The fourth-order valence-corrected chi connectivity index (χ4v) is 5.69. The first-order valence-corrected chi connectivity index (χ1v) is 16.2. The van der Waals surface area contributed by atoms with E-state index in [1.807, 2.05) is 30.3 Å². The molecule has 0 saturated heterocycles. The first-order valence-electron chi connectivity index (χ1n) is 15.2. The van der Waals surface area contributed by atoms with Crippen LogP contribution in [-0.4, -0.2) is 47.1 Å². The molecule has 0 atom stereocenters. The Balaban J connectivity index is 1.27. The van der Waals surface area contributed by atoms with Crippen molar-refractivity contribution in [2.24, 2.45) is 7.05 Å². The number of thioether (sulfide) groups is 1. The lowest BCUT2D eigenvalue weighted by Gasteiger charge is -2.14. The van der Waals surface area contributed by atoms with Gasteiger partial charge in [-0.05, 0) is 67.6 Å². The molecule has 0 fully saturated rings. The van der Waals surface area contributed by atoms with Crippen molar-refractivity contribution >= 4 is 46.9 Å². The number of para-hydroxylation sites is 2. The molecule has 0 spiro atoms. The third kappa shape index (κ3) is 8.11. The lowest BCUT2D eigenvalue weighted by Crippen LogP contribution is -2.30. The molecule has 0 bridgehead atoms. The van der Waals surface area contributed by atoms with E-state index in [2.05, 4.69) is 16.0 Å². The highest BCUT2D eigenvalue weighted by molar-refractivity contribution is 8.00. The number of amides is 3. The van der Waals surface area contributed by atoms with Crippen LogP contribution in [0.3, 0.4) is 0 Å². The second kappa shape index (κ2) is 15.7. The molecule has 11 nitrogen and oxygen atoms in total. The summed E-state index contributed by atoms with van der Waals surface area (Å²) in [7, 11) is 4.77. The molecule has 0 aliphatic rings. The Morgan fingerprint density at radius 1 is 0.816 bits per heavy atom. The smallest absolute Gasteiger partial charge is 0.295 e. The molecule has 5 rings (SSSR count). The normalized spacial score (nSPS) is 11.1. The molecule has 12 heteroatoms. The molecule has 0 aliphatic carbocycles. The number of carbonyl (C=O) groups excluding carboxylic acids is 3. The lowest BCUT2D eigenvalue weighted by molar-refractivity contribution is -0.114. The predicted molar refractivity (Wildman–Crippen MR) is 192 cm³/mol. The van der Waals surface area contributed by atoms with Gasteiger partial charge in [0.05, 0.1) is 31.4 Å². The summed E-state index contributed by atoms with van der Waals surface area (Å²) < 4.78 is 14.1. The average molecular weight is 678 g/mol. The number of carbonyl (C=O) groups is 3. The summed E-state index contributed by atoms with van der Waals surface area (Å²) in [5, 5.41) is 8.30. The number of hydrogen-bond acceptors (Lipinski definition) is 7. The number of nitrogens with one attached hydrogen (secondary N) is 3. The first-order chi connectivity index (χ1) is 23.7. The number of hydrogen-bond donors (Lipinski definition) is 3. The number of rotatable bonds is 12. The number of methoxy groups -OCH3 is 2. The summed E-state index contributed by atoms with van der Waals surface area (Å²) in [5.74, 6) is -0.419. The summed E-state index contributed by atoms with van der Waals surface area (Å²) in [4.78, 5) is 53.3. The maximum absolute atomic E-state index is 13.5. The predicted octanol–water partition coefficient (Wildman–Crippen LogP) is 5.64. The van der Waals surface area contributed by atoms with E-state index in [1.165, 1.54) is 36.7 Å². The van der Waals surface area contributed by atoms with Crippen molar-refractivity contribution in [3.05, 3.63) is 136 Å². The molecular weight excluding hydrogens is 643 g/mol. The SMILES string of the molecule is COc1cccc(/C=C(\NC(=O)c2ccccc2)C(=O)Nc2ccc(SCC(=O)Nc3c(C)n(C)n(-c4ccccc4)c3=O)cc2)c1OC. The van der Waals surface area contributed by atoms with Crippen LogP contribution in [0, 0.1) is 6.92 Å². The maximum Gasteiger partial charge on any atom is 0.295 e. The van der Waals surface area contributed by atoms with Crippen molar-refractivity contribution in [1.82, 2.24) is 14.7 Å². The summed E-state index contributed by atoms with van der Waals surface area (Å²) >= 11 is 1.28. The Labute approximate surface area is 287 Å². The molecule has 0 unspecified atom stereocenters. The van der Waals surface area contributed by atoms with Crippen LogP contribution in [0.1, 0.15) is 21.6 Å². The van der Waals surface area contributed by atoms with Gasteiger partial charge in [-0.15, -0.1) is 11.8 Å². The number of aromatic nitrogens is 2. The molecule has 4 aromatic carbocycles. The average Bonchev–Trinajstić information content (AvgIpc) is 3.33. The van der Waals surface area contributed by atoms with Crippen molar-refractivity contribution in [2.45, 2.75) is 11.8 Å². The zero-order valence-corrected chi connectivity index (χ0v) is 28.2. The van der Waals surface area contributed by atoms with Crippen LogP contribution in [0.2, 0.25) is 0 Å². The molecule has 49 heavy (non-hydrogen) atoms. The minimum absolute atomic E-state index is 0.0157. The van der Waals surface area contributed by atoms with E-state index in [0.717, 1.165) is 4.90 Å². The van der Waals surface area contributed by atoms with Crippen molar-refractivity contribution < 1.29 is 23.9 Å². The Bertz CT molecular complexity index is 2060. The van der Waals surface area contributed by atoms with Gasteiger partial charge in [-0.2, -0.15) is 0 Å². The summed E-state index contributed by atoms with van der Waals surface area (Å²) in [6, 6.07) is 29.9.